The van der Waals surface area contributed by atoms with E-state index in [4.69, 9.17) is 0 Å². The van der Waals surface area contributed by atoms with Crippen LogP contribution in [0.3, 0.4) is 0 Å². The molecule has 0 spiro atoms. The average Bonchev–Trinajstić information content (AvgIpc) is 2.43. The lowest BCUT2D eigenvalue weighted by atomic mass is 10.1. The molecule has 2 rings (SSSR count). The molecule has 0 N–H and O–H groups in total. The lowest BCUT2D eigenvalue weighted by Gasteiger charge is -2.18. The van der Waals surface area contributed by atoms with E-state index in [2.05, 4.69) is 0 Å². The van der Waals surface area contributed by atoms with Gasteiger partial charge in [0.25, 0.3) is 0 Å². The third kappa shape index (κ3) is 3.49. The van der Waals surface area contributed by atoms with E-state index in [-0.39, 0.29) is 11.4 Å². The zero-order valence-corrected chi connectivity index (χ0v) is 13.1. The minimum Gasteiger partial charge on any atom is -0.207 e. The standard InChI is InChI=1S/C16H18FNO2S/c1-12-4-5-13(2)14(10-12)11-18(3)21(19,20)16-8-6-15(17)7-9-16/h4-10H,11H2,1-3H3. The maximum atomic E-state index is 12.9. The molecular formula is C16H18FNO2S. The maximum Gasteiger partial charge on any atom is 0.243 e. The first-order chi connectivity index (χ1) is 9.80. The van der Waals surface area contributed by atoms with E-state index in [9.17, 15) is 12.8 Å². The van der Waals surface area contributed by atoms with Crippen molar-refractivity contribution >= 4 is 10.0 Å². The smallest absolute Gasteiger partial charge is 0.207 e. The number of sulfonamides is 1. The number of hydrogen-bond donors (Lipinski definition) is 0. The molecule has 0 radical (unpaired) electrons. The number of hydrogen-bond acceptors (Lipinski definition) is 2. The highest BCUT2D eigenvalue weighted by Crippen LogP contribution is 2.19. The molecule has 0 unspecified atom stereocenters. The zero-order valence-electron chi connectivity index (χ0n) is 12.3. The van der Waals surface area contributed by atoms with E-state index in [1.165, 1.54) is 23.5 Å². The van der Waals surface area contributed by atoms with Crippen molar-refractivity contribution in [3.05, 3.63) is 65.0 Å². The third-order valence-corrected chi connectivity index (χ3v) is 5.24. The Balaban J connectivity index is 2.28. The summed E-state index contributed by atoms with van der Waals surface area (Å²) in [6, 6.07) is 10.8. The Labute approximate surface area is 125 Å². The summed E-state index contributed by atoms with van der Waals surface area (Å²) < 4.78 is 39.1. The second-order valence-electron chi connectivity index (χ2n) is 5.14. The molecule has 0 amide bonds. The monoisotopic (exact) mass is 307 g/mol. The van der Waals surface area contributed by atoms with Crippen LogP contribution in [-0.4, -0.2) is 19.8 Å². The van der Waals surface area contributed by atoms with Crippen LogP contribution >= 0.6 is 0 Å². The van der Waals surface area contributed by atoms with Gasteiger partial charge in [0.15, 0.2) is 0 Å². The van der Waals surface area contributed by atoms with Gasteiger partial charge in [-0.05, 0) is 49.2 Å². The summed E-state index contributed by atoms with van der Waals surface area (Å²) >= 11 is 0. The van der Waals surface area contributed by atoms with Crippen LogP contribution < -0.4 is 0 Å². The Morgan fingerprint density at radius 1 is 1.05 bits per heavy atom. The van der Waals surface area contributed by atoms with Gasteiger partial charge in [-0.15, -0.1) is 0 Å². The fraction of sp³-hybridized carbons (Fsp3) is 0.250. The van der Waals surface area contributed by atoms with E-state index in [1.54, 1.807) is 0 Å². The molecule has 0 aliphatic heterocycles. The first kappa shape index (κ1) is 15.7. The topological polar surface area (TPSA) is 37.4 Å². The van der Waals surface area contributed by atoms with Crippen molar-refractivity contribution in [2.45, 2.75) is 25.3 Å². The second-order valence-corrected chi connectivity index (χ2v) is 7.19. The molecule has 112 valence electrons. The quantitative estimate of drug-likeness (QED) is 0.869. The Kier molecular flexibility index (Phi) is 4.44. The van der Waals surface area contributed by atoms with E-state index >= 15 is 0 Å². The predicted molar refractivity (Wildman–Crippen MR) is 81.0 cm³/mol. The van der Waals surface area contributed by atoms with Crippen molar-refractivity contribution in [3.63, 3.8) is 0 Å². The van der Waals surface area contributed by atoms with Crippen LogP contribution in [0.4, 0.5) is 4.39 Å². The summed E-state index contributed by atoms with van der Waals surface area (Å²) in [4.78, 5) is 0.0942. The highest BCUT2D eigenvalue weighted by Gasteiger charge is 2.21. The molecule has 0 saturated heterocycles. The number of aryl methyl sites for hydroxylation is 2. The summed E-state index contributed by atoms with van der Waals surface area (Å²) in [5.41, 5.74) is 3.09. The molecule has 21 heavy (non-hydrogen) atoms. The van der Waals surface area contributed by atoms with Crippen molar-refractivity contribution < 1.29 is 12.8 Å². The zero-order chi connectivity index (χ0) is 15.6. The molecule has 0 bridgehead atoms. The van der Waals surface area contributed by atoms with Gasteiger partial charge in [0, 0.05) is 13.6 Å². The van der Waals surface area contributed by atoms with Crippen LogP contribution in [-0.2, 0) is 16.6 Å². The van der Waals surface area contributed by atoms with Gasteiger partial charge in [0.2, 0.25) is 10.0 Å². The molecule has 0 aliphatic rings. The molecule has 2 aromatic rings. The van der Waals surface area contributed by atoms with Gasteiger partial charge in [0.05, 0.1) is 4.90 Å². The largest absolute Gasteiger partial charge is 0.243 e. The van der Waals surface area contributed by atoms with Gasteiger partial charge in [-0.25, -0.2) is 12.8 Å². The van der Waals surface area contributed by atoms with Gasteiger partial charge in [-0.2, -0.15) is 4.31 Å². The van der Waals surface area contributed by atoms with E-state index in [0.29, 0.717) is 0 Å². The summed E-state index contributed by atoms with van der Waals surface area (Å²) in [5.74, 6) is -0.453. The highest BCUT2D eigenvalue weighted by molar-refractivity contribution is 7.89. The van der Waals surface area contributed by atoms with E-state index < -0.39 is 15.8 Å². The number of rotatable bonds is 4. The van der Waals surface area contributed by atoms with Gasteiger partial charge in [-0.3, -0.25) is 0 Å². The summed E-state index contributed by atoms with van der Waals surface area (Å²) in [7, 11) is -2.09. The van der Waals surface area contributed by atoms with Crippen molar-refractivity contribution in [3.8, 4) is 0 Å². The summed E-state index contributed by atoms with van der Waals surface area (Å²) in [6.07, 6.45) is 0. The Hall–Kier alpha value is -1.72. The van der Waals surface area contributed by atoms with Gasteiger partial charge in [0.1, 0.15) is 5.82 Å². The van der Waals surface area contributed by atoms with E-state index in [0.717, 1.165) is 28.8 Å². The predicted octanol–water partition coefficient (Wildman–Crippen LogP) is 3.26. The molecule has 0 saturated carbocycles. The Morgan fingerprint density at radius 2 is 1.67 bits per heavy atom. The number of nitrogens with zero attached hydrogens (tertiary/aromatic N) is 1. The minimum absolute atomic E-state index is 0.0942. The fourth-order valence-corrected chi connectivity index (χ4v) is 3.23. The lowest BCUT2D eigenvalue weighted by Crippen LogP contribution is -2.26. The molecule has 0 atom stereocenters. The SMILES string of the molecule is Cc1ccc(C)c(CN(C)S(=O)(=O)c2ccc(F)cc2)c1. The molecule has 0 fully saturated rings. The van der Waals surface area contributed by atoms with Crippen LogP contribution in [0.25, 0.3) is 0 Å². The van der Waals surface area contributed by atoms with Crippen LogP contribution in [0.5, 0.6) is 0 Å². The first-order valence-corrected chi connectivity index (χ1v) is 8.03. The minimum atomic E-state index is -3.62. The van der Waals surface area contributed by atoms with Crippen molar-refractivity contribution in [2.75, 3.05) is 7.05 Å². The molecule has 2 aromatic carbocycles. The van der Waals surface area contributed by atoms with Crippen molar-refractivity contribution in [2.24, 2.45) is 0 Å². The normalized spacial score (nSPS) is 11.9. The third-order valence-electron chi connectivity index (χ3n) is 3.42. The van der Waals surface area contributed by atoms with Gasteiger partial charge >= 0.3 is 0 Å². The fourth-order valence-electron chi connectivity index (χ4n) is 2.08. The lowest BCUT2D eigenvalue weighted by molar-refractivity contribution is 0.465. The highest BCUT2D eigenvalue weighted by atomic mass is 32.2. The van der Waals surface area contributed by atoms with Crippen LogP contribution in [0.1, 0.15) is 16.7 Å². The van der Waals surface area contributed by atoms with Gasteiger partial charge in [-0.1, -0.05) is 23.8 Å². The molecule has 0 aromatic heterocycles. The first-order valence-electron chi connectivity index (χ1n) is 6.59. The molecule has 0 aliphatic carbocycles. The maximum absolute atomic E-state index is 12.9. The number of benzene rings is 2. The van der Waals surface area contributed by atoms with Crippen LogP contribution in [0.2, 0.25) is 0 Å². The van der Waals surface area contributed by atoms with Crippen LogP contribution in [0, 0.1) is 19.7 Å². The van der Waals surface area contributed by atoms with Crippen LogP contribution in [0.15, 0.2) is 47.4 Å². The molecule has 5 heteroatoms. The second kappa shape index (κ2) is 5.95. The van der Waals surface area contributed by atoms with E-state index in [1.807, 2.05) is 32.0 Å². The van der Waals surface area contributed by atoms with Crippen molar-refractivity contribution in [1.82, 2.24) is 4.31 Å². The Bertz CT molecular complexity index is 739. The number of halogens is 1. The summed E-state index contributed by atoms with van der Waals surface area (Å²) in [6.45, 7) is 4.21. The molecular weight excluding hydrogens is 289 g/mol. The Morgan fingerprint density at radius 3 is 2.29 bits per heavy atom. The molecule has 0 heterocycles. The molecule has 3 nitrogen and oxygen atoms in total. The van der Waals surface area contributed by atoms with Gasteiger partial charge < -0.3 is 0 Å². The van der Waals surface area contributed by atoms with Crippen molar-refractivity contribution in [1.29, 1.82) is 0 Å². The average molecular weight is 307 g/mol. The summed E-state index contributed by atoms with van der Waals surface area (Å²) in [5, 5.41) is 0.